The molecule has 1 aliphatic rings. The van der Waals surface area contributed by atoms with Gasteiger partial charge in [-0.25, -0.2) is 0 Å². The lowest BCUT2D eigenvalue weighted by Crippen LogP contribution is -2.50. The van der Waals surface area contributed by atoms with Crippen molar-refractivity contribution in [1.82, 2.24) is 4.90 Å². The molecule has 108 valence electrons. The Morgan fingerprint density at radius 2 is 2.00 bits per heavy atom. The molecule has 1 aromatic carbocycles. The van der Waals surface area contributed by atoms with Gasteiger partial charge in [0.05, 0.1) is 12.0 Å². The van der Waals surface area contributed by atoms with E-state index in [0.717, 1.165) is 0 Å². The van der Waals surface area contributed by atoms with Crippen LogP contribution < -0.4 is 4.74 Å². The summed E-state index contributed by atoms with van der Waals surface area (Å²) in [5, 5.41) is 8.63. The van der Waals surface area contributed by atoms with E-state index in [1.807, 2.05) is 0 Å². The standard InChI is InChI=1S/C13H13F2NO4/c14-13(15)20-10-4-2-1-3-9(10)12(19)16-6-8(7-16)5-11(17)18/h1-4,8,13H,5-7H2,(H,17,18). The van der Waals surface area contributed by atoms with Crippen molar-refractivity contribution in [1.29, 1.82) is 0 Å². The molecule has 1 fully saturated rings. The molecule has 20 heavy (non-hydrogen) atoms. The second kappa shape index (κ2) is 5.85. The number of carboxylic acids is 1. The third-order valence-corrected chi connectivity index (χ3v) is 3.04. The van der Waals surface area contributed by atoms with Gasteiger partial charge in [-0.15, -0.1) is 0 Å². The first-order valence-corrected chi connectivity index (χ1v) is 6.02. The van der Waals surface area contributed by atoms with Crippen molar-refractivity contribution in [2.24, 2.45) is 5.92 Å². The van der Waals surface area contributed by atoms with Gasteiger partial charge < -0.3 is 14.7 Å². The number of nitrogens with zero attached hydrogens (tertiary/aromatic N) is 1. The summed E-state index contributed by atoms with van der Waals surface area (Å²) in [7, 11) is 0. The maximum atomic E-state index is 12.3. The van der Waals surface area contributed by atoms with E-state index in [9.17, 15) is 18.4 Å². The van der Waals surface area contributed by atoms with Crippen LogP contribution in [-0.4, -0.2) is 41.6 Å². The first kappa shape index (κ1) is 14.2. The molecule has 0 spiro atoms. The van der Waals surface area contributed by atoms with Crippen LogP contribution >= 0.6 is 0 Å². The number of likely N-dealkylation sites (tertiary alicyclic amines) is 1. The fraction of sp³-hybridized carbons (Fsp3) is 0.385. The topological polar surface area (TPSA) is 66.8 Å². The van der Waals surface area contributed by atoms with Crippen LogP contribution in [0.25, 0.3) is 0 Å². The monoisotopic (exact) mass is 285 g/mol. The summed E-state index contributed by atoms with van der Waals surface area (Å²) in [6.45, 7) is -2.37. The van der Waals surface area contributed by atoms with Crippen LogP contribution in [0.1, 0.15) is 16.8 Å². The largest absolute Gasteiger partial charge is 0.481 e. The molecular formula is C13H13F2NO4. The fourth-order valence-electron chi connectivity index (χ4n) is 2.12. The summed E-state index contributed by atoms with van der Waals surface area (Å²) in [4.78, 5) is 24.0. The molecule has 1 aliphatic heterocycles. The quantitative estimate of drug-likeness (QED) is 0.896. The van der Waals surface area contributed by atoms with E-state index in [2.05, 4.69) is 4.74 Å². The van der Waals surface area contributed by atoms with Gasteiger partial charge in [0.1, 0.15) is 5.75 Å². The first-order chi connectivity index (χ1) is 9.47. The average molecular weight is 285 g/mol. The number of halogens is 2. The van der Waals surface area contributed by atoms with Gasteiger partial charge >= 0.3 is 12.6 Å². The zero-order valence-corrected chi connectivity index (χ0v) is 10.5. The number of carboxylic acid groups (broad SMARTS) is 1. The van der Waals surface area contributed by atoms with Gasteiger partial charge in [-0.3, -0.25) is 9.59 Å². The van der Waals surface area contributed by atoms with Crippen molar-refractivity contribution in [3.63, 3.8) is 0 Å². The minimum Gasteiger partial charge on any atom is -0.481 e. The Labute approximate surface area is 113 Å². The predicted octanol–water partition coefficient (Wildman–Crippen LogP) is 1.83. The smallest absolute Gasteiger partial charge is 0.387 e. The summed E-state index contributed by atoms with van der Waals surface area (Å²) in [6, 6.07) is 5.76. The van der Waals surface area contributed by atoms with Gasteiger partial charge in [-0.2, -0.15) is 8.78 Å². The summed E-state index contributed by atoms with van der Waals surface area (Å²) in [6.07, 6.45) is -0.00103. The maximum Gasteiger partial charge on any atom is 0.387 e. The van der Waals surface area contributed by atoms with E-state index in [1.165, 1.54) is 23.1 Å². The van der Waals surface area contributed by atoms with E-state index in [4.69, 9.17) is 5.11 Å². The van der Waals surface area contributed by atoms with Crippen LogP contribution in [0.5, 0.6) is 5.75 Å². The van der Waals surface area contributed by atoms with Crippen LogP contribution in [0.15, 0.2) is 24.3 Å². The van der Waals surface area contributed by atoms with Crippen molar-refractivity contribution in [3.05, 3.63) is 29.8 Å². The lowest BCUT2D eigenvalue weighted by molar-refractivity contribution is -0.139. The van der Waals surface area contributed by atoms with E-state index < -0.39 is 18.5 Å². The molecule has 1 amide bonds. The SMILES string of the molecule is O=C(O)CC1CN(C(=O)c2ccccc2OC(F)F)C1. The Morgan fingerprint density at radius 1 is 1.35 bits per heavy atom. The van der Waals surface area contributed by atoms with Crippen LogP contribution in [0.3, 0.4) is 0 Å². The summed E-state index contributed by atoms with van der Waals surface area (Å²) in [5.41, 5.74) is 0.0570. The van der Waals surface area contributed by atoms with Gasteiger partial charge in [0.25, 0.3) is 5.91 Å². The Morgan fingerprint density at radius 3 is 2.60 bits per heavy atom. The molecule has 0 radical (unpaired) electrons. The van der Waals surface area contributed by atoms with Crippen molar-refractivity contribution >= 4 is 11.9 Å². The molecule has 2 rings (SSSR count). The minimum absolute atomic E-state index is 0.00103. The van der Waals surface area contributed by atoms with E-state index in [0.29, 0.717) is 13.1 Å². The fourth-order valence-corrected chi connectivity index (χ4v) is 2.12. The number of carbonyl (C=O) groups is 2. The number of rotatable bonds is 5. The molecule has 1 heterocycles. The molecule has 5 nitrogen and oxygen atoms in total. The third-order valence-electron chi connectivity index (χ3n) is 3.04. The Balaban J connectivity index is 2.02. The predicted molar refractivity (Wildman–Crippen MR) is 64.7 cm³/mol. The summed E-state index contributed by atoms with van der Waals surface area (Å²) < 4.78 is 28.8. The Kier molecular flexibility index (Phi) is 4.16. The molecule has 1 aromatic rings. The lowest BCUT2D eigenvalue weighted by atomic mass is 9.95. The molecule has 1 N–H and O–H groups in total. The molecule has 0 aliphatic carbocycles. The number of alkyl halides is 2. The number of carbonyl (C=O) groups excluding carboxylic acids is 1. The van der Waals surface area contributed by atoms with Gasteiger partial charge in [-0.1, -0.05) is 12.1 Å². The molecule has 0 bridgehead atoms. The van der Waals surface area contributed by atoms with Gasteiger partial charge in [-0.05, 0) is 12.1 Å². The number of hydrogen-bond donors (Lipinski definition) is 1. The highest BCUT2D eigenvalue weighted by molar-refractivity contribution is 5.97. The van der Waals surface area contributed by atoms with Crippen molar-refractivity contribution in [2.45, 2.75) is 13.0 Å². The number of hydrogen-bond acceptors (Lipinski definition) is 3. The van der Waals surface area contributed by atoms with Crippen LogP contribution in [0.4, 0.5) is 8.78 Å². The zero-order valence-electron chi connectivity index (χ0n) is 10.5. The number of aliphatic carboxylic acids is 1. The van der Waals surface area contributed by atoms with Crippen molar-refractivity contribution in [2.75, 3.05) is 13.1 Å². The molecule has 0 unspecified atom stereocenters. The molecular weight excluding hydrogens is 272 g/mol. The Hall–Kier alpha value is -2.18. The van der Waals surface area contributed by atoms with E-state index >= 15 is 0 Å². The normalized spacial score (nSPS) is 15.1. The molecule has 0 aromatic heterocycles. The zero-order chi connectivity index (χ0) is 14.7. The second-order valence-corrected chi connectivity index (χ2v) is 4.55. The first-order valence-electron chi connectivity index (χ1n) is 6.02. The summed E-state index contributed by atoms with van der Waals surface area (Å²) >= 11 is 0. The molecule has 0 atom stereocenters. The highest BCUT2D eigenvalue weighted by atomic mass is 19.3. The number of ether oxygens (including phenoxy) is 1. The highest BCUT2D eigenvalue weighted by Gasteiger charge is 2.33. The highest BCUT2D eigenvalue weighted by Crippen LogP contribution is 2.26. The van der Waals surface area contributed by atoms with E-state index in [1.54, 1.807) is 6.07 Å². The van der Waals surface area contributed by atoms with Crippen LogP contribution in [0, 0.1) is 5.92 Å². The van der Waals surface area contributed by atoms with Crippen LogP contribution in [-0.2, 0) is 4.79 Å². The average Bonchev–Trinajstić information content (AvgIpc) is 2.32. The Bertz CT molecular complexity index is 515. The van der Waals surface area contributed by atoms with Gasteiger partial charge in [0, 0.05) is 19.0 Å². The number of para-hydroxylation sites is 1. The summed E-state index contributed by atoms with van der Waals surface area (Å²) in [5.74, 6) is -1.60. The van der Waals surface area contributed by atoms with Gasteiger partial charge in [0.2, 0.25) is 0 Å². The van der Waals surface area contributed by atoms with E-state index in [-0.39, 0.29) is 23.7 Å². The maximum absolute atomic E-state index is 12.3. The number of amides is 1. The molecule has 0 saturated carbocycles. The van der Waals surface area contributed by atoms with Gasteiger partial charge in [0.15, 0.2) is 0 Å². The minimum atomic E-state index is -3.00. The van der Waals surface area contributed by atoms with Crippen molar-refractivity contribution < 1.29 is 28.2 Å². The molecule has 1 saturated heterocycles. The molecule has 7 heteroatoms. The second-order valence-electron chi connectivity index (χ2n) is 4.55. The van der Waals surface area contributed by atoms with Crippen molar-refractivity contribution in [3.8, 4) is 5.75 Å². The third kappa shape index (κ3) is 3.23. The van der Waals surface area contributed by atoms with Crippen LogP contribution in [0.2, 0.25) is 0 Å². The number of benzene rings is 1. The lowest BCUT2D eigenvalue weighted by Gasteiger charge is -2.38.